The molecule has 1 aromatic carbocycles. The lowest BCUT2D eigenvalue weighted by Crippen LogP contribution is -2.28. The lowest BCUT2D eigenvalue weighted by atomic mass is 9.70. The van der Waals surface area contributed by atoms with E-state index >= 15 is 0 Å². The number of halogens is 2. The summed E-state index contributed by atoms with van der Waals surface area (Å²) in [7, 11) is -5.01. The van der Waals surface area contributed by atoms with Crippen molar-refractivity contribution in [3.8, 4) is 17.0 Å². The van der Waals surface area contributed by atoms with Crippen molar-refractivity contribution in [3.05, 3.63) is 28.6 Å². The number of nitrogen functional groups attached to an aromatic ring is 1. The number of hydrogen-bond acceptors (Lipinski definition) is 5. The van der Waals surface area contributed by atoms with Crippen molar-refractivity contribution >= 4 is 24.1 Å². The Bertz CT molecular complexity index is 880. The third-order valence-electron chi connectivity index (χ3n) is 5.07. The summed E-state index contributed by atoms with van der Waals surface area (Å²) in [6.45, 7) is 0. The number of thiazole rings is 1. The number of benzene rings is 1. The van der Waals surface area contributed by atoms with Crippen molar-refractivity contribution in [1.82, 2.24) is 4.98 Å². The molecule has 2 aliphatic rings. The maximum atomic E-state index is 12.7. The number of rotatable bonds is 3. The van der Waals surface area contributed by atoms with Crippen LogP contribution in [0.25, 0.3) is 11.3 Å². The SMILES string of the molecule is Nc1nc2c(s1)CC1(CCCC1)c1ccc(OP(=O)(O)C(F)F)cc1-2. The van der Waals surface area contributed by atoms with Crippen molar-refractivity contribution in [2.24, 2.45) is 0 Å². The fraction of sp³-hybridized carbons (Fsp3) is 0.438. The number of alkyl halides is 2. The number of fused-ring (bicyclic) bond motifs is 4. The van der Waals surface area contributed by atoms with E-state index in [1.807, 2.05) is 6.07 Å². The summed E-state index contributed by atoms with van der Waals surface area (Å²) in [5.41, 5.74) is 8.47. The van der Waals surface area contributed by atoms with E-state index in [0.717, 1.165) is 53.8 Å². The standard InChI is InChI=1S/C16H17F2N2O3PS/c17-14(18)24(21,22)23-9-3-4-11-10(7-9)13-12(25-15(19)20-13)8-16(11)5-1-2-6-16/h3-4,7,14H,1-2,5-6,8H2,(H2,19,20)(H,21,22). The van der Waals surface area contributed by atoms with Crippen LogP contribution in [0.4, 0.5) is 13.9 Å². The van der Waals surface area contributed by atoms with E-state index in [4.69, 9.17) is 10.3 Å². The van der Waals surface area contributed by atoms with Crippen LogP contribution in [0.15, 0.2) is 18.2 Å². The van der Waals surface area contributed by atoms with Gasteiger partial charge in [0.25, 0.3) is 0 Å². The molecule has 134 valence electrons. The number of nitrogens with zero attached hydrogens (tertiary/aromatic N) is 1. The Balaban J connectivity index is 1.82. The van der Waals surface area contributed by atoms with Crippen molar-refractivity contribution in [1.29, 1.82) is 0 Å². The van der Waals surface area contributed by atoms with Crippen molar-refractivity contribution in [3.63, 3.8) is 0 Å². The lowest BCUT2D eigenvalue weighted by molar-refractivity contribution is 0.188. The van der Waals surface area contributed by atoms with Crippen LogP contribution in [0.5, 0.6) is 5.75 Å². The van der Waals surface area contributed by atoms with Gasteiger partial charge < -0.3 is 15.2 Å². The van der Waals surface area contributed by atoms with Crippen LogP contribution in [0.2, 0.25) is 0 Å². The number of anilines is 1. The molecule has 5 nitrogen and oxygen atoms in total. The Morgan fingerprint density at radius 1 is 1.36 bits per heavy atom. The highest BCUT2D eigenvalue weighted by molar-refractivity contribution is 7.53. The second-order valence-corrected chi connectivity index (χ2v) is 9.44. The first kappa shape index (κ1) is 16.9. The molecule has 1 unspecified atom stereocenters. The van der Waals surface area contributed by atoms with Gasteiger partial charge in [0.2, 0.25) is 0 Å². The van der Waals surface area contributed by atoms with Crippen molar-refractivity contribution in [2.45, 2.75) is 43.7 Å². The summed E-state index contributed by atoms with van der Waals surface area (Å²) in [6.07, 6.45) is 1.80. The highest BCUT2D eigenvalue weighted by Gasteiger charge is 2.43. The summed E-state index contributed by atoms with van der Waals surface area (Å²) in [6, 6.07) is 4.85. The molecule has 2 aliphatic carbocycles. The third kappa shape index (κ3) is 2.76. The summed E-state index contributed by atoms with van der Waals surface area (Å²) >= 11 is 1.44. The first-order valence-electron chi connectivity index (χ1n) is 8.01. The first-order valence-corrected chi connectivity index (χ1v) is 10.5. The average Bonchev–Trinajstić information content (AvgIpc) is 3.14. The topological polar surface area (TPSA) is 85.4 Å². The molecule has 1 saturated carbocycles. The molecule has 3 N–H and O–H groups in total. The highest BCUT2D eigenvalue weighted by Crippen LogP contribution is 2.55. The van der Waals surface area contributed by atoms with Crippen LogP contribution in [0.3, 0.4) is 0 Å². The summed E-state index contributed by atoms with van der Waals surface area (Å²) in [5.74, 6) is -0.0579. The van der Waals surface area contributed by atoms with E-state index in [1.54, 1.807) is 0 Å². The number of aromatic nitrogens is 1. The van der Waals surface area contributed by atoms with Gasteiger partial charge in [-0.1, -0.05) is 18.9 Å². The minimum Gasteiger partial charge on any atom is -0.421 e. The fourth-order valence-corrected chi connectivity index (χ4v) is 5.52. The minimum absolute atomic E-state index is 0.00542. The highest BCUT2D eigenvalue weighted by atomic mass is 32.1. The second kappa shape index (κ2) is 5.76. The molecular formula is C16H17F2N2O3PS. The predicted molar refractivity (Wildman–Crippen MR) is 92.3 cm³/mol. The van der Waals surface area contributed by atoms with E-state index in [2.05, 4.69) is 4.98 Å². The van der Waals surface area contributed by atoms with Gasteiger partial charge >= 0.3 is 13.8 Å². The number of hydrogen-bond donors (Lipinski definition) is 2. The van der Waals surface area contributed by atoms with Gasteiger partial charge in [0.1, 0.15) is 5.75 Å². The Hall–Kier alpha value is -1.50. The molecule has 0 aliphatic heterocycles. The molecule has 4 rings (SSSR count). The molecule has 1 spiro atoms. The molecule has 1 aromatic heterocycles. The molecule has 2 aromatic rings. The van der Waals surface area contributed by atoms with Gasteiger partial charge in [-0.3, -0.25) is 0 Å². The molecule has 0 amide bonds. The van der Waals surface area contributed by atoms with E-state index in [9.17, 15) is 18.2 Å². The fourth-order valence-electron chi connectivity index (χ4n) is 4.03. The van der Waals surface area contributed by atoms with E-state index in [-0.39, 0.29) is 11.2 Å². The minimum atomic E-state index is -5.01. The van der Waals surface area contributed by atoms with Gasteiger partial charge in [-0.15, -0.1) is 11.3 Å². The van der Waals surface area contributed by atoms with Gasteiger partial charge in [0, 0.05) is 15.9 Å². The van der Waals surface area contributed by atoms with Gasteiger partial charge in [-0.25, -0.2) is 9.55 Å². The van der Waals surface area contributed by atoms with Crippen LogP contribution < -0.4 is 10.3 Å². The lowest BCUT2D eigenvalue weighted by Gasteiger charge is -2.35. The van der Waals surface area contributed by atoms with Crippen LogP contribution in [0.1, 0.15) is 36.1 Å². The Labute approximate surface area is 147 Å². The van der Waals surface area contributed by atoms with E-state index < -0.39 is 13.8 Å². The van der Waals surface area contributed by atoms with Crippen molar-refractivity contribution in [2.75, 3.05) is 5.73 Å². The van der Waals surface area contributed by atoms with Gasteiger partial charge in [0.05, 0.1) is 5.69 Å². The maximum Gasteiger partial charge on any atom is 0.442 e. The van der Waals surface area contributed by atoms with E-state index in [1.165, 1.54) is 23.5 Å². The van der Waals surface area contributed by atoms with E-state index in [0.29, 0.717) is 5.13 Å². The smallest absolute Gasteiger partial charge is 0.421 e. The molecule has 1 fully saturated rings. The molecule has 1 atom stereocenters. The van der Waals surface area contributed by atoms with Crippen LogP contribution in [0, 0.1) is 0 Å². The zero-order chi connectivity index (χ0) is 17.8. The predicted octanol–water partition coefficient (Wildman–Crippen LogP) is 4.55. The van der Waals surface area contributed by atoms with Crippen LogP contribution in [-0.2, 0) is 16.4 Å². The molecule has 9 heteroatoms. The zero-order valence-electron chi connectivity index (χ0n) is 13.2. The molecule has 1 heterocycles. The second-order valence-electron chi connectivity index (χ2n) is 6.63. The Kier molecular flexibility index (Phi) is 3.90. The normalized spacial score (nSPS) is 20.3. The summed E-state index contributed by atoms with van der Waals surface area (Å²) in [5, 5.41) is 0.456. The molecular weight excluding hydrogens is 369 g/mol. The van der Waals surface area contributed by atoms with Gasteiger partial charge in [0.15, 0.2) is 5.13 Å². The Morgan fingerprint density at radius 2 is 2.08 bits per heavy atom. The molecule has 0 radical (unpaired) electrons. The summed E-state index contributed by atoms with van der Waals surface area (Å²) in [4.78, 5) is 14.8. The monoisotopic (exact) mass is 386 g/mol. The molecule has 0 bridgehead atoms. The van der Waals surface area contributed by atoms with Gasteiger partial charge in [-0.05, 0) is 37.0 Å². The van der Waals surface area contributed by atoms with Crippen LogP contribution in [-0.4, -0.2) is 16.0 Å². The maximum absolute atomic E-state index is 12.7. The average molecular weight is 386 g/mol. The first-order chi connectivity index (χ1) is 11.8. The summed E-state index contributed by atoms with van der Waals surface area (Å²) < 4.78 is 41.5. The van der Waals surface area contributed by atoms with Crippen molar-refractivity contribution < 1.29 is 22.8 Å². The van der Waals surface area contributed by atoms with Crippen LogP contribution >= 0.6 is 18.9 Å². The third-order valence-corrected chi connectivity index (χ3v) is 6.92. The zero-order valence-corrected chi connectivity index (χ0v) is 15.0. The molecule has 25 heavy (non-hydrogen) atoms. The largest absolute Gasteiger partial charge is 0.442 e. The number of nitrogens with two attached hydrogens (primary N) is 1. The Morgan fingerprint density at radius 3 is 2.76 bits per heavy atom. The quantitative estimate of drug-likeness (QED) is 0.756. The molecule has 0 saturated heterocycles. The van der Waals surface area contributed by atoms with Gasteiger partial charge in [-0.2, -0.15) is 8.78 Å².